The highest BCUT2D eigenvalue weighted by Crippen LogP contribution is 2.23. The number of rotatable bonds is 0. The molecule has 0 saturated heterocycles. The maximum absolute atomic E-state index is 5.71. The summed E-state index contributed by atoms with van der Waals surface area (Å²) in [6.07, 6.45) is 0. The molecular weight excluding hydrogens is 172 g/mol. The first-order valence-electron chi connectivity index (χ1n) is 4.72. The average Bonchev–Trinajstić information content (AvgIpc) is 1.99. The zero-order valence-corrected chi connectivity index (χ0v) is 8.76. The normalized spacial score (nSPS) is 10.8. The number of benzene rings is 1. The molecule has 14 heavy (non-hydrogen) atoms. The van der Waals surface area contributed by atoms with Gasteiger partial charge in [-0.3, -0.25) is 0 Å². The van der Waals surface area contributed by atoms with E-state index in [1.165, 1.54) is 22.1 Å². The zero-order valence-electron chi connectivity index (χ0n) is 8.76. The van der Waals surface area contributed by atoms with Gasteiger partial charge in [-0.25, -0.2) is 4.98 Å². The quantitative estimate of drug-likeness (QED) is 0.687. The second-order valence-electron chi connectivity index (χ2n) is 3.84. The molecule has 0 amide bonds. The van der Waals surface area contributed by atoms with Crippen LogP contribution in [0.5, 0.6) is 0 Å². The Kier molecular flexibility index (Phi) is 1.92. The van der Waals surface area contributed by atoms with Crippen molar-refractivity contribution in [2.45, 2.75) is 20.8 Å². The summed E-state index contributed by atoms with van der Waals surface area (Å²) in [7, 11) is 0. The van der Waals surface area contributed by atoms with E-state index in [9.17, 15) is 0 Å². The van der Waals surface area contributed by atoms with E-state index in [-0.39, 0.29) is 0 Å². The van der Waals surface area contributed by atoms with Gasteiger partial charge in [-0.15, -0.1) is 0 Å². The molecular formula is C12H14N2. The molecule has 0 fully saturated rings. The van der Waals surface area contributed by atoms with Crippen molar-refractivity contribution in [1.29, 1.82) is 0 Å². The van der Waals surface area contributed by atoms with Gasteiger partial charge in [0.15, 0.2) is 0 Å². The summed E-state index contributed by atoms with van der Waals surface area (Å²) in [4.78, 5) is 4.34. The Morgan fingerprint density at radius 3 is 2.36 bits per heavy atom. The number of fused-ring (bicyclic) bond motifs is 1. The maximum atomic E-state index is 5.71. The molecule has 2 aromatic rings. The van der Waals surface area contributed by atoms with Crippen molar-refractivity contribution in [2.24, 2.45) is 0 Å². The Balaban J connectivity index is 2.94. The molecule has 2 rings (SSSR count). The molecule has 1 aromatic carbocycles. The molecule has 2 N–H and O–H groups in total. The minimum atomic E-state index is 0.597. The van der Waals surface area contributed by atoms with Crippen LogP contribution in [0.3, 0.4) is 0 Å². The summed E-state index contributed by atoms with van der Waals surface area (Å²) in [5.41, 5.74) is 10.4. The SMILES string of the molecule is Cc1cc(C)c2c(C)cc(N)nc2c1. The van der Waals surface area contributed by atoms with E-state index in [2.05, 4.69) is 37.9 Å². The predicted molar refractivity (Wildman–Crippen MR) is 60.4 cm³/mol. The third kappa shape index (κ3) is 1.33. The first-order chi connectivity index (χ1) is 6.58. The molecule has 0 aliphatic carbocycles. The molecule has 0 saturated carbocycles. The lowest BCUT2D eigenvalue weighted by molar-refractivity contribution is 1.33. The van der Waals surface area contributed by atoms with Crippen LogP contribution < -0.4 is 5.73 Å². The first kappa shape index (κ1) is 9.00. The largest absolute Gasteiger partial charge is 0.384 e. The Hall–Kier alpha value is -1.57. The van der Waals surface area contributed by atoms with E-state index in [1.807, 2.05) is 6.07 Å². The zero-order chi connectivity index (χ0) is 10.3. The second-order valence-corrected chi connectivity index (χ2v) is 3.84. The molecule has 0 bridgehead atoms. The molecule has 2 nitrogen and oxygen atoms in total. The minimum Gasteiger partial charge on any atom is -0.384 e. The Morgan fingerprint density at radius 1 is 1.00 bits per heavy atom. The minimum absolute atomic E-state index is 0.597. The highest BCUT2D eigenvalue weighted by Gasteiger charge is 2.04. The number of nitrogens with zero attached hydrogens (tertiary/aromatic N) is 1. The van der Waals surface area contributed by atoms with Gasteiger partial charge in [0.05, 0.1) is 5.52 Å². The van der Waals surface area contributed by atoms with Crippen LogP contribution >= 0.6 is 0 Å². The highest BCUT2D eigenvalue weighted by atomic mass is 14.8. The van der Waals surface area contributed by atoms with E-state index in [1.54, 1.807) is 0 Å². The lowest BCUT2D eigenvalue weighted by Crippen LogP contribution is -1.94. The number of pyridine rings is 1. The van der Waals surface area contributed by atoms with Gasteiger partial charge >= 0.3 is 0 Å². The number of aryl methyl sites for hydroxylation is 3. The molecule has 0 aliphatic heterocycles. The maximum Gasteiger partial charge on any atom is 0.124 e. The lowest BCUT2D eigenvalue weighted by Gasteiger charge is -2.07. The van der Waals surface area contributed by atoms with Crippen molar-refractivity contribution >= 4 is 16.7 Å². The van der Waals surface area contributed by atoms with Crippen LogP contribution in [0.2, 0.25) is 0 Å². The van der Waals surface area contributed by atoms with Gasteiger partial charge in [0.1, 0.15) is 5.82 Å². The monoisotopic (exact) mass is 186 g/mol. The van der Waals surface area contributed by atoms with Crippen molar-refractivity contribution < 1.29 is 0 Å². The topological polar surface area (TPSA) is 38.9 Å². The Labute approximate surface area is 83.8 Å². The van der Waals surface area contributed by atoms with Crippen LogP contribution in [0.4, 0.5) is 5.82 Å². The molecule has 1 aromatic heterocycles. The van der Waals surface area contributed by atoms with Gasteiger partial charge in [0.25, 0.3) is 0 Å². The molecule has 0 spiro atoms. The molecule has 0 radical (unpaired) electrons. The van der Waals surface area contributed by atoms with Gasteiger partial charge < -0.3 is 5.73 Å². The summed E-state index contributed by atoms with van der Waals surface area (Å²) < 4.78 is 0. The number of hydrogen-bond donors (Lipinski definition) is 1. The standard InChI is InChI=1S/C12H14N2/c1-7-4-8(2)12-9(3)6-11(13)14-10(12)5-7/h4-6H,1-3H3,(H2,13,14). The van der Waals surface area contributed by atoms with Crippen molar-refractivity contribution in [3.05, 3.63) is 34.9 Å². The second kappa shape index (κ2) is 2.98. The van der Waals surface area contributed by atoms with Crippen LogP contribution in [-0.2, 0) is 0 Å². The third-order valence-corrected chi connectivity index (χ3v) is 2.47. The van der Waals surface area contributed by atoms with E-state index in [4.69, 9.17) is 5.73 Å². The summed E-state index contributed by atoms with van der Waals surface area (Å²) in [5.74, 6) is 0.597. The molecule has 0 aliphatic rings. The molecule has 72 valence electrons. The molecule has 0 unspecified atom stereocenters. The van der Waals surface area contributed by atoms with E-state index < -0.39 is 0 Å². The average molecular weight is 186 g/mol. The van der Waals surface area contributed by atoms with Crippen LogP contribution in [0, 0.1) is 20.8 Å². The summed E-state index contributed by atoms with van der Waals surface area (Å²) >= 11 is 0. The fraction of sp³-hybridized carbons (Fsp3) is 0.250. The van der Waals surface area contributed by atoms with Crippen LogP contribution in [0.25, 0.3) is 10.9 Å². The van der Waals surface area contributed by atoms with E-state index in [0.717, 1.165) is 5.52 Å². The first-order valence-corrected chi connectivity index (χ1v) is 4.72. The van der Waals surface area contributed by atoms with Crippen molar-refractivity contribution in [1.82, 2.24) is 4.98 Å². The van der Waals surface area contributed by atoms with Gasteiger partial charge in [-0.1, -0.05) is 6.07 Å². The fourth-order valence-electron chi connectivity index (χ4n) is 2.01. The van der Waals surface area contributed by atoms with Gasteiger partial charge in [-0.05, 0) is 49.6 Å². The molecule has 1 heterocycles. The third-order valence-electron chi connectivity index (χ3n) is 2.47. The van der Waals surface area contributed by atoms with Gasteiger partial charge in [-0.2, -0.15) is 0 Å². The number of nitrogen functional groups attached to an aromatic ring is 1. The smallest absolute Gasteiger partial charge is 0.124 e. The van der Waals surface area contributed by atoms with Crippen molar-refractivity contribution in [2.75, 3.05) is 5.73 Å². The molecule has 2 heteroatoms. The summed E-state index contributed by atoms with van der Waals surface area (Å²) in [6, 6.07) is 6.17. The fourth-order valence-corrected chi connectivity index (χ4v) is 2.01. The van der Waals surface area contributed by atoms with E-state index >= 15 is 0 Å². The Bertz CT molecular complexity index is 458. The van der Waals surface area contributed by atoms with Crippen LogP contribution in [-0.4, -0.2) is 4.98 Å². The van der Waals surface area contributed by atoms with Crippen LogP contribution in [0.15, 0.2) is 18.2 Å². The van der Waals surface area contributed by atoms with Crippen LogP contribution in [0.1, 0.15) is 16.7 Å². The van der Waals surface area contributed by atoms with Gasteiger partial charge in [0, 0.05) is 5.39 Å². The summed E-state index contributed by atoms with van der Waals surface area (Å²) in [6.45, 7) is 6.26. The number of anilines is 1. The number of aromatic nitrogens is 1. The molecule has 0 atom stereocenters. The lowest BCUT2D eigenvalue weighted by atomic mass is 10.0. The number of hydrogen-bond acceptors (Lipinski definition) is 2. The van der Waals surface area contributed by atoms with Crippen molar-refractivity contribution in [3.63, 3.8) is 0 Å². The number of nitrogens with two attached hydrogens (primary N) is 1. The van der Waals surface area contributed by atoms with Crippen molar-refractivity contribution in [3.8, 4) is 0 Å². The highest BCUT2D eigenvalue weighted by molar-refractivity contribution is 5.87. The predicted octanol–water partition coefficient (Wildman–Crippen LogP) is 2.74. The Morgan fingerprint density at radius 2 is 1.64 bits per heavy atom. The summed E-state index contributed by atoms with van der Waals surface area (Å²) in [5, 5.41) is 1.23. The van der Waals surface area contributed by atoms with E-state index in [0.29, 0.717) is 5.82 Å². The van der Waals surface area contributed by atoms with Gasteiger partial charge in [0.2, 0.25) is 0 Å².